The van der Waals surface area contributed by atoms with Gasteiger partial charge in [-0.1, -0.05) is 25.7 Å². The van der Waals surface area contributed by atoms with Crippen LogP contribution in [0.15, 0.2) is 4.99 Å². The predicted octanol–water partition coefficient (Wildman–Crippen LogP) is 3.33. The lowest BCUT2D eigenvalue weighted by Crippen LogP contribution is -2.41. The zero-order chi connectivity index (χ0) is 18.2. The lowest BCUT2D eigenvalue weighted by molar-refractivity contribution is 0.0487. The highest BCUT2D eigenvalue weighted by Gasteiger charge is 2.24. The van der Waals surface area contributed by atoms with Gasteiger partial charge in [0.05, 0.1) is 25.3 Å². The van der Waals surface area contributed by atoms with Crippen molar-refractivity contribution in [3.8, 4) is 0 Å². The van der Waals surface area contributed by atoms with E-state index in [2.05, 4.69) is 27.6 Å². The Morgan fingerprint density at radius 2 is 1.96 bits per heavy atom. The summed E-state index contributed by atoms with van der Waals surface area (Å²) in [6, 6.07) is 0.172. The molecule has 0 radical (unpaired) electrons. The molecule has 2 aliphatic rings. The number of aryl methyl sites for hydroxylation is 2. The van der Waals surface area contributed by atoms with Gasteiger partial charge in [0.15, 0.2) is 5.96 Å². The second-order valence-electron chi connectivity index (χ2n) is 7.32. The van der Waals surface area contributed by atoms with Crippen LogP contribution in [-0.2, 0) is 11.3 Å². The lowest BCUT2D eigenvalue weighted by Gasteiger charge is -2.25. The molecule has 1 aromatic heterocycles. The van der Waals surface area contributed by atoms with E-state index in [0.29, 0.717) is 19.3 Å². The minimum Gasteiger partial charge on any atom is -0.376 e. The van der Waals surface area contributed by atoms with Gasteiger partial charge in [-0.25, -0.2) is 9.67 Å². The summed E-state index contributed by atoms with van der Waals surface area (Å²) in [5.74, 6) is 2.71. The minimum absolute atomic E-state index is 0. The number of halogens is 1. The number of aliphatic imine (C=N–C) groups is 1. The molecule has 154 valence electrons. The fraction of sp³-hybridized carbons (Fsp3) is 0.842. The number of guanidine groups is 1. The van der Waals surface area contributed by atoms with Crippen molar-refractivity contribution in [1.82, 2.24) is 25.4 Å². The molecule has 1 aliphatic heterocycles. The molecular weight excluding hydrogens is 455 g/mol. The van der Waals surface area contributed by atoms with Gasteiger partial charge in [0.1, 0.15) is 11.6 Å². The van der Waals surface area contributed by atoms with Crippen LogP contribution in [0.1, 0.15) is 76.0 Å². The molecule has 1 unspecified atom stereocenters. The number of aromatic nitrogens is 3. The van der Waals surface area contributed by atoms with E-state index < -0.39 is 0 Å². The average molecular weight is 490 g/mol. The van der Waals surface area contributed by atoms with Gasteiger partial charge in [-0.2, -0.15) is 5.10 Å². The van der Waals surface area contributed by atoms with E-state index in [9.17, 15) is 0 Å². The molecule has 1 aromatic rings. The van der Waals surface area contributed by atoms with Gasteiger partial charge >= 0.3 is 0 Å². The van der Waals surface area contributed by atoms with Crippen molar-refractivity contribution in [3.05, 3.63) is 11.6 Å². The largest absolute Gasteiger partial charge is 0.376 e. The average Bonchev–Trinajstić information content (AvgIpc) is 2.84. The van der Waals surface area contributed by atoms with Crippen LogP contribution in [0, 0.1) is 6.92 Å². The zero-order valence-corrected chi connectivity index (χ0v) is 19.1. The molecule has 1 fully saturated rings. The van der Waals surface area contributed by atoms with Crippen LogP contribution in [0.4, 0.5) is 0 Å². The van der Waals surface area contributed by atoms with Crippen LogP contribution in [0.25, 0.3) is 0 Å². The number of ether oxygens (including phenoxy) is 1. The maximum absolute atomic E-state index is 6.05. The van der Waals surface area contributed by atoms with Crippen molar-refractivity contribution in [3.63, 3.8) is 0 Å². The van der Waals surface area contributed by atoms with Crippen molar-refractivity contribution in [2.75, 3.05) is 19.7 Å². The molecular formula is C19H35IN6O. The Labute approximate surface area is 180 Å². The van der Waals surface area contributed by atoms with Gasteiger partial charge in [0, 0.05) is 13.1 Å². The molecule has 1 atom stereocenters. The normalized spacial score (nSPS) is 21.1. The second-order valence-corrected chi connectivity index (χ2v) is 7.32. The molecule has 1 saturated carbocycles. The Balaban J connectivity index is 0.00000261. The molecule has 3 rings (SSSR count). The van der Waals surface area contributed by atoms with Crippen LogP contribution in [0.3, 0.4) is 0 Å². The van der Waals surface area contributed by atoms with Gasteiger partial charge in [-0.3, -0.25) is 4.99 Å². The van der Waals surface area contributed by atoms with Crippen LogP contribution in [0.5, 0.6) is 0 Å². The van der Waals surface area contributed by atoms with E-state index >= 15 is 0 Å². The Morgan fingerprint density at radius 3 is 2.70 bits per heavy atom. The van der Waals surface area contributed by atoms with Crippen molar-refractivity contribution in [2.45, 2.75) is 83.9 Å². The maximum atomic E-state index is 6.05. The van der Waals surface area contributed by atoms with Crippen LogP contribution in [0.2, 0.25) is 0 Å². The Bertz CT molecular complexity index is 583. The van der Waals surface area contributed by atoms with Gasteiger partial charge in [0.2, 0.25) is 0 Å². The van der Waals surface area contributed by atoms with Crippen molar-refractivity contribution >= 4 is 29.9 Å². The highest BCUT2D eigenvalue weighted by atomic mass is 127. The summed E-state index contributed by atoms with van der Waals surface area (Å²) < 4.78 is 8.08. The molecule has 0 spiro atoms. The number of nitrogens with one attached hydrogen (secondary N) is 2. The first-order valence-electron chi connectivity index (χ1n) is 10.3. The summed E-state index contributed by atoms with van der Waals surface area (Å²) in [7, 11) is 0. The molecule has 27 heavy (non-hydrogen) atoms. The topological polar surface area (TPSA) is 76.4 Å². The molecule has 0 amide bonds. The molecule has 0 aromatic carbocycles. The smallest absolute Gasteiger partial charge is 0.191 e. The SMILES string of the molecule is CCNC(=NCCOC1CCCCCC1)NC1CCCn2nc(C)nc21.I. The first-order valence-corrected chi connectivity index (χ1v) is 10.3. The summed E-state index contributed by atoms with van der Waals surface area (Å²) in [6.45, 7) is 7.22. The number of nitrogens with zero attached hydrogens (tertiary/aromatic N) is 4. The molecule has 2 N–H and O–H groups in total. The fourth-order valence-electron chi connectivity index (χ4n) is 3.88. The minimum atomic E-state index is 0. The third-order valence-corrected chi connectivity index (χ3v) is 5.15. The third kappa shape index (κ3) is 6.89. The van der Waals surface area contributed by atoms with E-state index in [4.69, 9.17) is 9.73 Å². The third-order valence-electron chi connectivity index (χ3n) is 5.15. The summed E-state index contributed by atoms with van der Waals surface area (Å²) in [5.41, 5.74) is 0. The van der Waals surface area contributed by atoms with Crippen LogP contribution in [-0.4, -0.2) is 46.5 Å². The van der Waals surface area contributed by atoms with Gasteiger partial charge < -0.3 is 15.4 Å². The Hall–Kier alpha value is -0.900. The highest BCUT2D eigenvalue weighted by Crippen LogP contribution is 2.23. The first-order chi connectivity index (χ1) is 12.8. The van der Waals surface area contributed by atoms with Gasteiger partial charge in [0.25, 0.3) is 0 Å². The van der Waals surface area contributed by atoms with Crippen molar-refractivity contribution in [1.29, 1.82) is 0 Å². The van der Waals surface area contributed by atoms with E-state index in [1.165, 1.54) is 38.5 Å². The van der Waals surface area contributed by atoms with Crippen LogP contribution < -0.4 is 10.6 Å². The number of fused-ring (bicyclic) bond motifs is 1. The summed E-state index contributed by atoms with van der Waals surface area (Å²) in [5, 5.41) is 11.4. The molecule has 1 aliphatic carbocycles. The standard InChI is InChI=1S/C19H34N6O.HI/c1-3-20-19(21-12-14-26-16-9-6-4-5-7-10-16)23-17-11-8-13-25-18(17)22-15(2)24-25;/h16-17H,3-14H2,1-2H3,(H2,20,21,23);1H. The molecule has 8 heteroatoms. The van der Waals surface area contributed by atoms with Gasteiger partial charge in [-0.15, -0.1) is 24.0 Å². The van der Waals surface area contributed by atoms with E-state index in [1.54, 1.807) is 0 Å². The fourth-order valence-corrected chi connectivity index (χ4v) is 3.88. The monoisotopic (exact) mass is 490 g/mol. The number of rotatable bonds is 6. The molecule has 0 saturated heterocycles. The maximum Gasteiger partial charge on any atom is 0.191 e. The Kier molecular flexibility index (Phi) is 9.81. The van der Waals surface area contributed by atoms with Crippen molar-refractivity contribution < 1.29 is 4.74 Å². The highest BCUT2D eigenvalue weighted by molar-refractivity contribution is 14.0. The predicted molar refractivity (Wildman–Crippen MR) is 119 cm³/mol. The Morgan fingerprint density at radius 1 is 1.19 bits per heavy atom. The van der Waals surface area contributed by atoms with E-state index in [0.717, 1.165) is 43.5 Å². The second kappa shape index (κ2) is 11.8. The zero-order valence-electron chi connectivity index (χ0n) is 16.7. The summed E-state index contributed by atoms with van der Waals surface area (Å²) in [4.78, 5) is 9.30. The van der Waals surface area contributed by atoms with E-state index in [-0.39, 0.29) is 30.0 Å². The molecule has 0 bridgehead atoms. The molecule has 7 nitrogen and oxygen atoms in total. The number of hydrogen-bond donors (Lipinski definition) is 2. The number of hydrogen-bond acceptors (Lipinski definition) is 4. The quantitative estimate of drug-likeness (QED) is 0.210. The lowest BCUT2D eigenvalue weighted by atomic mass is 10.1. The van der Waals surface area contributed by atoms with Crippen LogP contribution >= 0.6 is 24.0 Å². The molecule has 2 heterocycles. The van der Waals surface area contributed by atoms with Gasteiger partial charge in [-0.05, 0) is 39.5 Å². The first kappa shape index (κ1) is 22.4. The summed E-state index contributed by atoms with van der Waals surface area (Å²) >= 11 is 0. The van der Waals surface area contributed by atoms with Crippen molar-refractivity contribution in [2.24, 2.45) is 4.99 Å². The van der Waals surface area contributed by atoms with E-state index in [1.807, 2.05) is 11.6 Å². The summed E-state index contributed by atoms with van der Waals surface area (Å²) in [6.07, 6.45) is 10.3.